The Kier molecular flexibility index (Phi) is 3.64. The first-order chi connectivity index (χ1) is 8.22. The van der Waals surface area contributed by atoms with E-state index in [2.05, 4.69) is 60.6 Å². The maximum atomic E-state index is 3.18. The van der Waals surface area contributed by atoms with Crippen molar-refractivity contribution < 1.29 is 0 Å². The van der Waals surface area contributed by atoms with Crippen molar-refractivity contribution in [3.8, 4) is 0 Å². The molecular weight excluding hydrogens is 208 g/mol. The summed E-state index contributed by atoms with van der Waals surface area (Å²) in [5.74, 6) is 0. The van der Waals surface area contributed by atoms with Crippen LogP contribution in [0.15, 0.2) is 36.4 Å². The van der Waals surface area contributed by atoms with E-state index in [1.807, 2.05) is 7.05 Å². The van der Waals surface area contributed by atoms with Crippen molar-refractivity contribution >= 4 is 16.5 Å². The molecular formula is C15H20N2. The van der Waals surface area contributed by atoms with Crippen molar-refractivity contribution in [3.05, 3.63) is 42.0 Å². The highest BCUT2D eigenvalue weighted by atomic mass is 15.1. The van der Waals surface area contributed by atoms with E-state index in [4.69, 9.17) is 0 Å². The third kappa shape index (κ3) is 2.59. The average Bonchev–Trinajstić information content (AvgIpc) is 2.35. The molecule has 0 spiro atoms. The predicted octanol–water partition coefficient (Wildman–Crippen LogP) is 2.80. The van der Waals surface area contributed by atoms with E-state index >= 15 is 0 Å². The minimum atomic E-state index is 1.00. The van der Waals surface area contributed by atoms with Crippen molar-refractivity contribution in [2.75, 3.05) is 32.1 Å². The Hall–Kier alpha value is -1.54. The number of hydrogen-bond donors (Lipinski definition) is 1. The molecule has 0 aromatic heterocycles. The molecule has 2 nitrogen and oxygen atoms in total. The van der Waals surface area contributed by atoms with Crippen LogP contribution in [0.25, 0.3) is 10.8 Å². The van der Waals surface area contributed by atoms with Gasteiger partial charge in [0, 0.05) is 25.8 Å². The van der Waals surface area contributed by atoms with Gasteiger partial charge in [-0.3, -0.25) is 0 Å². The molecule has 0 aliphatic carbocycles. The minimum absolute atomic E-state index is 1.00. The first-order valence-corrected chi connectivity index (χ1v) is 6.07. The summed E-state index contributed by atoms with van der Waals surface area (Å²) < 4.78 is 0. The molecule has 1 N–H and O–H groups in total. The third-order valence-corrected chi connectivity index (χ3v) is 3.17. The highest BCUT2D eigenvalue weighted by Crippen LogP contribution is 2.25. The molecule has 2 aromatic carbocycles. The fourth-order valence-electron chi connectivity index (χ4n) is 2.15. The lowest BCUT2D eigenvalue weighted by Crippen LogP contribution is -2.27. The summed E-state index contributed by atoms with van der Waals surface area (Å²) in [6.45, 7) is 4.20. The number of benzene rings is 2. The van der Waals surface area contributed by atoms with Crippen molar-refractivity contribution in [2.24, 2.45) is 0 Å². The minimum Gasteiger partial charge on any atom is -0.373 e. The van der Waals surface area contributed by atoms with E-state index in [0.29, 0.717) is 0 Å². The van der Waals surface area contributed by atoms with Gasteiger partial charge in [-0.2, -0.15) is 0 Å². The molecule has 2 aromatic rings. The van der Waals surface area contributed by atoms with Gasteiger partial charge in [-0.25, -0.2) is 0 Å². The fourth-order valence-corrected chi connectivity index (χ4v) is 2.15. The largest absolute Gasteiger partial charge is 0.373 e. The summed E-state index contributed by atoms with van der Waals surface area (Å²) in [7, 11) is 4.13. The van der Waals surface area contributed by atoms with Crippen LogP contribution in [0.3, 0.4) is 0 Å². The van der Waals surface area contributed by atoms with E-state index in [1.165, 1.54) is 22.0 Å². The molecule has 2 rings (SSSR count). The van der Waals surface area contributed by atoms with Gasteiger partial charge in [0.2, 0.25) is 0 Å². The lowest BCUT2D eigenvalue weighted by atomic mass is 10.1. The first-order valence-electron chi connectivity index (χ1n) is 6.07. The molecule has 0 fully saturated rings. The third-order valence-electron chi connectivity index (χ3n) is 3.17. The molecule has 0 atom stereocenters. The van der Waals surface area contributed by atoms with Gasteiger partial charge in [0.05, 0.1) is 0 Å². The summed E-state index contributed by atoms with van der Waals surface area (Å²) >= 11 is 0. The Morgan fingerprint density at radius 1 is 1.12 bits per heavy atom. The van der Waals surface area contributed by atoms with E-state index < -0.39 is 0 Å². The van der Waals surface area contributed by atoms with Crippen LogP contribution >= 0.6 is 0 Å². The Balaban J connectivity index is 2.36. The van der Waals surface area contributed by atoms with E-state index in [1.54, 1.807) is 0 Å². The van der Waals surface area contributed by atoms with Crippen LogP contribution in [0.1, 0.15) is 5.56 Å². The first kappa shape index (κ1) is 11.9. The van der Waals surface area contributed by atoms with Crippen LogP contribution in [0.2, 0.25) is 0 Å². The normalized spacial score (nSPS) is 10.8. The molecule has 0 saturated carbocycles. The summed E-state index contributed by atoms with van der Waals surface area (Å²) in [5.41, 5.74) is 2.65. The van der Waals surface area contributed by atoms with Crippen molar-refractivity contribution in [1.82, 2.24) is 5.32 Å². The maximum absolute atomic E-state index is 3.18. The second-order valence-electron chi connectivity index (χ2n) is 4.51. The SMILES string of the molecule is CNCCN(C)c1cc2ccccc2cc1C. The van der Waals surface area contributed by atoms with Crippen molar-refractivity contribution in [3.63, 3.8) is 0 Å². The number of fused-ring (bicyclic) bond motifs is 1. The number of nitrogens with one attached hydrogen (secondary N) is 1. The zero-order valence-electron chi connectivity index (χ0n) is 10.8. The van der Waals surface area contributed by atoms with Crippen LogP contribution < -0.4 is 10.2 Å². The van der Waals surface area contributed by atoms with Gasteiger partial charge in [0.1, 0.15) is 0 Å². The Morgan fingerprint density at radius 3 is 2.41 bits per heavy atom. The van der Waals surface area contributed by atoms with Gasteiger partial charge in [0.15, 0.2) is 0 Å². The average molecular weight is 228 g/mol. The Morgan fingerprint density at radius 2 is 1.76 bits per heavy atom. The molecule has 2 heteroatoms. The number of rotatable bonds is 4. The second kappa shape index (κ2) is 5.19. The van der Waals surface area contributed by atoms with Gasteiger partial charge < -0.3 is 10.2 Å². The quantitative estimate of drug-likeness (QED) is 0.865. The molecule has 0 aliphatic rings. The number of aryl methyl sites for hydroxylation is 1. The molecule has 0 unspecified atom stereocenters. The standard InChI is InChI=1S/C15H20N2/c1-12-10-13-6-4-5-7-14(13)11-15(12)17(3)9-8-16-2/h4-7,10-11,16H,8-9H2,1-3H3. The van der Waals surface area contributed by atoms with Gasteiger partial charge in [-0.15, -0.1) is 0 Å². The molecule has 0 aliphatic heterocycles. The van der Waals surface area contributed by atoms with Crippen molar-refractivity contribution in [2.45, 2.75) is 6.92 Å². The van der Waals surface area contributed by atoms with E-state index in [-0.39, 0.29) is 0 Å². The van der Waals surface area contributed by atoms with Gasteiger partial charge in [-0.1, -0.05) is 24.3 Å². The summed E-state index contributed by atoms with van der Waals surface area (Å²) in [5, 5.41) is 5.81. The smallest absolute Gasteiger partial charge is 0.0400 e. The highest BCUT2D eigenvalue weighted by molar-refractivity contribution is 5.87. The van der Waals surface area contributed by atoms with Crippen LogP contribution in [0.5, 0.6) is 0 Å². The number of anilines is 1. The van der Waals surface area contributed by atoms with E-state index in [0.717, 1.165) is 13.1 Å². The second-order valence-corrected chi connectivity index (χ2v) is 4.51. The van der Waals surface area contributed by atoms with Crippen LogP contribution in [-0.4, -0.2) is 27.2 Å². The van der Waals surface area contributed by atoms with Gasteiger partial charge >= 0.3 is 0 Å². The topological polar surface area (TPSA) is 15.3 Å². The lowest BCUT2D eigenvalue weighted by molar-refractivity contribution is 0.767. The van der Waals surface area contributed by atoms with Crippen LogP contribution in [-0.2, 0) is 0 Å². The summed E-state index contributed by atoms with van der Waals surface area (Å²) in [4.78, 5) is 2.30. The molecule has 0 heterocycles. The molecule has 0 bridgehead atoms. The van der Waals surface area contributed by atoms with Crippen molar-refractivity contribution in [1.29, 1.82) is 0 Å². The highest BCUT2D eigenvalue weighted by Gasteiger charge is 2.05. The summed E-state index contributed by atoms with van der Waals surface area (Å²) in [6, 6.07) is 13.1. The molecule has 0 amide bonds. The Bertz CT molecular complexity index is 505. The Labute approximate surface area is 103 Å². The number of nitrogens with zero attached hydrogens (tertiary/aromatic N) is 1. The molecule has 90 valence electrons. The number of hydrogen-bond acceptors (Lipinski definition) is 2. The van der Waals surface area contributed by atoms with Gasteiger partial charge in [-0.05, 0) is 42.4 Å². The predicted molar refractivity (Wildman–Crippen MR) is 75.9 cm³/mol. The molecule has 0 radical (unpaired) electrons. The monoisotopic (exact) mass is 228 g/mol. The molecule has 0 saturated heterocycles. The summed E-state index contributed by atoms with van der Waals surface area (Å²) in [6.07, 6.45) is 0. The lowest BCUT2D eigenvalue weighted by Gasteiger charge is -2.22. The van der Waals surface area contributed by atoms with Gasteiger partial charge in [0.25, 0.3) is 0 Å². The van der Waals surface area contributed by atoms with E-state index in [9.17, 15) is 0 Å². The zero-order chi connectivity index (χ0) is 12.3. The maximum Gasteiger partial charge on any atom is 0.0400 e. The van der Waals surface area contributed by atoms with Crippen LogP contribution in [0.4, 0.5) is 5.69 Å². The zero-order valence-corrected chi connectivity index (χ0v) is 10.8. The number of likely N-dealkylation sites (N-methyl/N-ethyl adjacent to an activating group) is 2. The van der Waals surface area contributed by atoms with Crippen LogP contribution in [0, 0.1) is 6.92 Å². The molecule has 17 heavy (non-hydrogen) atoms. The fraction of sp³-hybridized carbons (Fsp3) is 0.333.